The molecule has 2 aliphatic carbocycles. The molecule has 0 amide bonds. The van der Waals surface area contributed by atoms with Gasteiger partial charge in [-0.05, 0) is 19.3 Å². The Balaban J connectivity index is 1.51. The van der Waals surface area contributed by atoms with Crippen LogP contribution >= 0.6 is 0 Å². The number of aliphatic hydroxyl groups is 1. The molecule has 26 heavy (non-hydrogen) atoms. The number of hydrogen-bond acceptors (Lipinski definition) is 7. The molecule has 3 saturated heterocycles. The van der Waals surface area contributed by atoms with Crippen molar-refractivity contribution < 1.29 is 33.6 Å². The van der Waals surface area contributed by atoms with Gasteiger partial charge in [0.15, 0.2) is 5.60 Å². The van der Waals surface area contributed by atoms with Crippen LogP contribution in [0.5, 0.6) is 0 Å². The van der Waals surface area contributed by atoms with Gasteiger partial charge in [0.25, 0.3) is 0 Å². The molecule has 1 spiro atoms. The Hall–Kier alpha value is -1.70. The summed E-state index contributed by atoms with van der Waals surface area (Å²) in [4.78, 5) is 24.7. The first-order valence-electron chi connectivity index (χ1n) is 9.01. The molecule has 0 bridgehead atoms. The summed E-state index contributed by atoms with van der Waals surface area (Å²) in [6.07, 6.45) is -0.815. The zero-order valence-electron chi connectivity index (χ0n) is 14.6. The summed E-state index contributed by atoms with van der Waals surface area (Å²) in [5.74, 6) is -1.62. The van der Waals surface area contributed by atoms with Crippen molar-refractivity contribution in [2.45, 2.75) is 49.3 Å². The Labute approximate surface area is 150 Å². The Kier molecular flexibility index (Phi) is 3.15. The molecule has 0 aromatic rings. The predicted molar refractivity (Wildman–Crippen MR) is 86.8 cm³/mol. The second-order valence-corrected chi connectivity index (χ2v) is 8.37. The van der Waals surface area contributed by atoms with Crippen LogP contribution < -0.4 is 0 Å². The highest BCUT2D eigenvalue weighted by molar-refractivity contribution is 5.91. The Morgan fingerprint density at radius 1 is 1.31 bits per heavy atom. The van der Waals surface area contributed by atoms with Crippen molar-refractivity contribution in [1.82, 2.24) is 0 Å². The van der Waals surface area contributed by atoms with Crippen LogP contribution in [0.2, 0.25) is 0 Å². The lowest BCUT2D eigenvalue weighted by Gasteiger charge is -2.30. The van der Waals surface area contributed by atoms with Crippen LogP contribution in [0, 0.1) is 17.8 Å². The number of esters is 2. The maximum Gasteiger partial charge on any atom is 0.340 e. The van der Waals surface area contributed by atoms with Crippen molar-refractivity contribution in [3.63, 3.8) is 0 Å². The first-order valence-corrected chi connectivity index (χ1v) is 9.01. The van der Waals surface area contributed by atoms with Crippen LogP contribution in [0.1, 0.15) is 19.8 Å². The highest BCUT2D eigenvalue weighted by atomic mass is 16.6. The Morgan fingerprint density at radius 2 is 2.00 bits per heavy atom. The van der Waals surface area contributed by atoms with E-state index in [1.165, 1.54) is 0 Å². The zero-order chi connectivity index (χ0) is 18.4. The molecule has 7 nitrogen and oxygen atoms in total. The Bertz CT molecular complexity index is 732. The highest BCUT2D eigenvalue weighted by Gasteiger charge is 2.71. The van der Waals surface area contributed by atoms with E-state index in [2.05, 4.69) is 13.2 Å². The third-order valence-corrected chi connectivity index (χ3v) is 6.79. The van der Waals surface area contributed by atoms with E-state index in [0.717, 1.165) is 5.57 Å². The van der Waals surface area contributed by atoms with E-state index >= 15 is 0 Å². The SMILES string of the molecule is C=C1C(=O)O[C@H]2[C@H]1[C@@H](OC(=O)[C@]1(C)CO1)CC(=C)[C@@H]1C[C@H](O)[C@]3(CO3)[C@H]21. The van der Waals surface area contributed by atoms with Crippen LogP contribution in [0.4, 0.5) is 0 Å². The second-order valence-electron chi connectivity index (χ2n) is 8.37. The molecule has 0 aromatic heterocycles. The molecule has 0 radical (unpaired) electrons. The second kappa shape index (κ2) is 4.97. The van der Waals surface area contributed by atoms with Crippen molar-refractivity contribution in [3.8, 4) is 0 Å². The minimum absolute atomic E-state index is 0.0461. The largest absolute Gasteiger partial charge is 0.459 e. The third-order valence-electron chi connectivity index (χ3n) is 6.79. The Morgan fingerprint density at radius 3 is 2.62 bits per heavy atom. The first kappa shape index (κ1) is 16.5. The molecule has 1 N–H and O–H groups in total. The summed E-state index contributed by atoms with van der Waals surface area (Å²) in [5.41, 5.74) is -0.396. The van der Waals surface area contributed by atoms with Crippen molar-refractivity contribution in [1.29, 1.82) is 0 Å². The zero-order valence-corrected chi connectivity index (χ0v) is 14.6. The van der Waals surface area contributed by atoms with E-state index in [-0.39, 0.29) is 11.8 Å². The van der Waals surface area contributed by atoms with Gasteiger partial charge in [0, 0.05) is 17.9 Å². The van der Waals surface area contributed by atoms with Gasteiger partial charge in [-0.1, -0.05) is 18.7 Å². The normalized spacial score (nSPS) is 51.5. The quantitative estimate of drug-likeness (QED) is 0.331. The van der Waals surface area contributed by atoms with E-state index in [4.69, 9.17) is 18.9 Å². The van der Waals surface area contributed by atoms with Crippen LogP contribution in [0.25, 0.3) is 0 Å². The van der Waals surface area contributed by atoms with Crippen molar-refractivity contribution in [2.75, 3.05) is 13.2 Å². The lowest BCUT2D eigenvalue weighted by molar-refractivity contribution is -0.158. The average molecular weight is 362 g/mol. The molecule has 5 aliphatic rings. The number of aliphatic hydroxyl groups excluding tert-OH is 1. The van der Waals surface area contributed by atoms with E-state index in [1.807, 2.05) is 0 Å². The van der Waals surface area contributed by atoms with Gasteiger partial charge in [0.2, 0.25) is 0 Å². The number of carbonyl (C=O) groups is 2. The fourth-order valence-electron chi connectivity index (χ4n) is 5.02. The molecule has 3 heterocycles. The van der Waals surface area contributed by atoms with Crippen molar-refractivity contribution >= 4 is 11.9 Å². The fraction of sp³-hybridized carbons (Fsp3) is 0.684. The van der Waals surface area contributed by atoms with Gasteiger partial charge in [-0.25, -0.2) is 9.59 Å². The average Bonchev–Trinajstić information content (AvgIpc) is 3.47. The number of rotatable bonds is 2. The summed E-state index contributed by atoms with van der Waals surface area (Å²) >= 11 is 0. The molecule has 140 valence electrons. The predicted octanol–water partition coefficient (Wildman–Crippen LogP) is 0.511. The number of carbonyl (C=O) groups excluding carboxylic acids is 2. The third kappa shape index (κ3) is 2.05. The molecule has 5 rings (SSSR count). The summed E-state index contributed by atoms with van der Waals surface area (Å²) in [6, 6.07) is 0. The summed E-state index contributed by atoms with van der Waals surface area (Å²) in [7, 11) is 0. The highest BCUT2D eigenvalue weighted by Crippen LogP contribution is 2.60. The van der Waals surface area contributed by atoms with Gasteiger partial charge in [0.1, 0.15) is 17.8 Å². The molecule has 0 aromatic carbocycles. The fourth-order valence-corrected chi connectivity index (χ4v) is 5.02. The van der Waals surface area contributed by atoms with Gasteiger partial charge in [-0.2, -0.15) is 0 Å². The number of hydrogen-bond donors (Lipinski definition) is 1. The van der Waals surface area contributed by atoms with E-state index in [1.54, 1.807) is 6.92 Å². The number of fused-ring (bicyclic) bond motifs is 4. The molecule has 2 saturated carbocycles. The van der Waals surface area contributed by atoms with Crippen LogP contribution in [-0.2, 0) is 28.5 Å². The van der Waals surface area contributed by atoms with Crippen LogP contribution in [0.15, 0.2) is 24.3 Å². The molecule has 0 unspecified atom stereocenters. The van der Waals surface area contributed by atoms with Gasteiger partial charge in [-0.15, -0.1) is 0 Å². The molecular formula is C19H22O7. The topological polar surface area (TPSA) is 97.9 Å². The molecule has 7 heteroatoms. The summed E-state index contributed by atoms with van der Waals surface area (Å²) in [5, 5.41) is 10.5. The minimum Gasteiger partial charge on any atom is -0.459 e. The smallest absolute Gasteiger partial charge is 0.340 e. The monoisotopic (exact) mass is 362 g/mol. The van der Waals surface area contributed by atoms with Gasteiger partial charge >= 0.3 is 11.9 Å². The first-order chi connectivity index (χ1) is 12.3. The lowest BCUT2D eigenvalue weighted by Crippen LogP contribution is -2.43. The molecule has 3 aliphatic heterocycles. The lowest BCUT2D eigenvalue weighted by atomic mass is 9.78. The maximum atomic E-state index is 12.4. The molecule has 8 atom stereocenters. The number of ether oxygens (including phenoxy) is 4. The van der Waals surface area contributed by atoms with Gasteiger partial charge in [0.05, 0.1) is 25.2 Å². The molecule has 5 fully saturated rings. The number of epoxide rings is 2. The molecular weight excluding hydrogens is 340 g/mol. The summed E-state index contributed by atoms with van der Waals surface area (Å²) < 4.78 is 22.3. The van der Waals surface area contributed by atoms with E-state index < -0.39 is 47.4 Å². The van der Waals surface area contributed by atoms with Crippen LogP contribution in [-0.4, -0.2) is 59.8 Å². The van der Waals surface area contributed by atoms with Crippen molar-refractivity contribution in [2.24, 2.45) is 17.8 Å². The minimum atomic E-state index is -0.902. The van der Waals surface area contributed by atoms with Gasteiger partial charge < -0.3 is 24.1 Å². The standard InChI is InChI=1S/C19H22O7/c1-8-4-11(25-17(22)18(3)6-23-18)13-9(2)16(21)26-15(13)14-10(8)5-12(20)19(14)7-24-19/h10-15,20H,1-2,4-7H2,3H3/t10-,11-,12-,13+,14-,15-,18-,19+/m0/s1. The van der Waals surface area contributed by atoms with E-state index in [9.17, 15) is 14.7 Å². The van der Waals surface area contributed by atoms with Gasteiger partial charge in [-0.3, -0.25) is 0 Å². The maximum absolute atomic E-state index is 12.4. The van der Waals surface area contributed by atoms with Crippen LogP contribution in [0.3, 0.4) is 0 Å². The van der Waals surface area contributed by atoms with Crippen molar-refractivity contribution in [3.05, 3.63) is 24.3 Å². The summed E-state index contributed by atoms with van der Waals surface area (Å²) in [6.45, 7) is 10.5. The van der Waals surface area contributed by atoms with E-state index in [0.29, 0.717) is 31.6 Å².